The fourth-order valence-electron chi connectivity index (χ4n) is 2.11. The highest BCUT2D eigenvalue weighted by molar-refractivity contribution is 6.06. The van der Waals surface area contributed by atoms with E-state index in [-0.39, 0.29) is 6.61 Å². The lowest BCUT2D eigenvalue weighted by Crippen LogP contribution is -2.26. The molecule has 0 radical (unpaired) electrons. The number of carbonyl (C=O) groups is 2. The molecule has 146 valence electrons. The summed E-state index contributed by atoms with van der Waals surface area (Å²) in [6.07, 6.45) is -8.76. The van der Waals surface area contributed by atoms with Crippen LogP contribution in [-0.4, -0.2) is 36.7 Å². The van der Waals surface area contributed by atoms with Crippen LogP contribution >= 0.6 is 0 Å². The van der Waals surface area contributed by atoms with Crippen molar-refractivity contribution in [3.63, 3.8) is 0 Å². The van der Waals surface area contributed by atoms with Crippen molar-refractivity contribution in [1.29, 1.82) is 0 Å². The van der Waals surface area contributed by atoms with Crippen LogP contribution in [0.15, 0.2) is 0 Å². The van der Waals surface area contributed by atoms with E-state index in [1.165, 1.54) is 20.8 Å². The number of carbonyl (C=O) groups excluding carboxylic acids is 2. The molecule has 1 aromatic rings. The summed E-state index contributed by atoms with van der Waals surface area (Å²) >= 11 is 0. The van der Waals surface area contributed by atoms with E-state index in [0.29, 0.717) is 0 Å². The van der Waals surface area contributed by atoms with Crippen molar-refractivity contribution in [3.05, 3.63) is 22.5 Å². The molecule has 1 N–H and O–H groups in total. The minimum Gasteiger partial charge on any atom is -0.465 e. The van der Waals surface area contributed by atoms with E-state index >= 15 is 0 Å². The van der Waals surface area contributed by atoms with E-state index in [4.69, 9.17) is 0 Å². The maximum atomic E-state index is 13.4. The van der Waals surface area contributed by atoms with Crippen molar-refractivity contribution >= 4 is 17.6 Å². The normalized spacial score (nSPS) is 11.7. The van der Waals surface area contributed by atoms with Gasteiger partial charge in [-0.15, -0.1) is 0 Å². The van der Waals surface area contributed by atoms with E-state index in [1.807, 2.05) is 0 Å². The fourth-order valence-corrected chi connectivity index (χ4v) is 2.11. The summed E-state index contributed by atoms with van der Waals surface area (Å²) in [5, 5.41) is 2.43. The minimum atomic E-state index is -5.24. The monoisotopic (exact) mass is 384 g/mol. The van der Waals surface area contributed by atoms with E-state index in [2.05, 4.69) is 19.8 Å². The molecule has 11 heteroatoms. The average Bonchev–Trinajstić information content (AvgIpc) is 2.51. The first-order valence-electron chi connectivity index (χ1n) is 7.40. The Morgan fingerprint density at radius 2 is 1.73 bits per heavy atom. The number of nitrogens with one attached hydrogen (secondary N) is 1. The Morgan fingerprint density at radius 1 is 1.15 bits per heavy atom. The maximum absolute atomic E-state index is 13.4. The summed E-state index contributed by atoms with van der Waals surface area (Å²) in [6, 6.07) is -0.611. The zero-order chi connectivity index (χ0) is 20.2. The highest BCUT2D eigenvalue weighted by Crippen LogP contribution is 2.39. The number of anilines is 1. The molecule has 1 heterocycles. The number of ether oxygens (including phenoxy) is 2. The maximum Gasteiger partial charge on any atom is 0.434 e. The van der Waals surface area contributed by atoms with Gasteiger partial charge in [-0.25, -0.2) is 23.4 Å². The van der Waals surface area contributed by atoms with Crippen LogP contribution in [0.3, 0.4) is 0 Å². The minimum absolute atomic E-state index is 0.276. The summed E-state index contributed by atoms with van der Waals surface area (Å²) < 4.78 is 75.7. The van der Waals surface area contributed by atoms with Crippen LogP contribution in [0, 0.1) is 0 Å². The molecule has 0 saturated heterocycles. The smallest absolute Gasteiger partial charge is 0.434 e. The summed E-state index contributed by atoms with van der Waals surface area (Å²) in [7, 11) is 0.860. The summed E-state index contributed by atoms with van der Waals surface area (Å²) in [5.74, 6) is -2.82. The average molecular weight is 384 g/mol. The van der Waals surface area contributed by atoms with Gasteiger partial charge in [-0.3, -0.25) is 0 Å². The lowest BCUT2D eigenvalue weighted by atomic mass is 10.0. The molecule has 1 rings (SSSR count). The van der Waals surface area contributed by atoms with E-state index in [0.717, 1.165) is 7.11 Å². The fraction of sp³-hybridized carbons (Fsp3) is 0.533. The van der Waals surface area contributed by atoms with Gasteiger partial charge in [-0.1, -0.05) is 0 Å². The van der Waals surface area contributed by atoms with Crippen LogP contribution in [0.5, 0.6) is 0 Å². The van der Waals surface area contributed by atoms with Gasteiger partial charge in [0.15, 0.2) is 5.69 Å². The molecule has 0 fully saturated rings. The second-order valence-corrected chi connectivity index (χ2v) is 5.28. The van der Waals surface area contributed by atoms with E-state index < -0.39 is 58.8 Å². The van der Waals surface area contributed by atoms with Crippen LogP contribution in [0.25, 0.3) is 0 Å². The van der Waals surface area contributed by atoms with Gasteiger partial charge in [0.05, 0.1) is 19.4 Å². The van der Waals surface area contributed by atoms with Crippen LogP contribution in [-0.2, 0) is 15.7 Å². The number of methoxy groups -OCH3 is 1. The lowest BCUT2D eigenvalue weighted by Gasteiger charge is -2.22. The molecule has 0 unspecified atom stereocenters. The molecule has 0 aromatic carbocycles. The van der Waals surface area contributed by atoms with E-state index in [9.17, 15) is 31.5 Å². The van der Waals surface area contributed by atoms with Gasteiger partial charge in [0.2, 0.25) is 0 Å². The van der Waals surface area contributed by atoms with Crippen molar-refractivity contribution in [1.82, 2.24) is 4.98 Å². The van der Waals surface area contributed by atoms with Crippen LogP contribution < -0.4 is 5.32 Å². The molecular formula is C15H17F5N2O4. The number of nitrogens with zero attached hydrogens (tertiary/aromatic N) is 1. The zero-order valence-corrected chi connectivity index (χ0v) is 14.3. The number of aromatic nitrogens is 1. The molecule has 26 heavy (non-hydrogen) atoms. The summed E-state index contributed by atoms with van der Waals surface area (Å²) in [5.41, 5.74) is -6.18. The highest BCUT2D eigenvalue weighted by atomic mass is 19.4. The predicted molar refractivity (Wildman–Crippen MR) is 80.3 cm³/mol. The van der Waals surface area contributed by atoms with Crippen LogP contribution in [0.2, 0.25) is 0 Å². The quantitative estimate of drug-likeness (QED) is 0.594. The Morgan fingerprint density at radius 3 is 2.12 bits per heavy atom. The largest absolute Gasteiger partial charge is 0.465 e. The van der Waals surface area contributed by atoms with Crippen LogP contribution in [0.4, 0.5) is 27.6 Å². The Balaban J connectivity index is 4.03. The molecule has 6 nitrogen and oxygen atoms in total. The molecule has 0 spiro atoms. The zero-order valence-electron chi connectivity index (χ0n) is 14.3. The van der Waals surface area contributed by atoms with Crippen molar-refractivity contribution in [2.45, 2.75) is 39.4 Å². The molecule has 0 aliphatic heterocycles. The Labute approximate surface area is 145 Å². The van der Waals surface area contributed by atoms with Gasteiger partial charge in [-0.2, -0.15) is 13.2 Å². The summed E-state index contributed by atoms with van der Waals surface area (Å²) in [6.45, 7) is 4.03. The van der Waals surface area contributed by atoms with Crippen molar-refractivity contribution in [3.8, 4) is 0 Å². The number of rotatable bonds is 6. The number of hydrogen-bond acceptors (Lipinski definition) is 6. The van der Waals surface area contributed by atoms with Gasteiger partial charge in [0.25, 0.3) is 6.43 Å². The van der Waals surface area contributed by atoms with E-state index in [1.54, 1.807) is 0 Å². The third kappa shape index (κ3) is 4.58. The molecule has 0 aliphatic carbocycles. The second kappa shape index (κ2) is 8.28. The Hall–Kier alpha value is -2.46. The first-order chi connectivity index (χ1) is 11.9. The van der Waals surface area contributed by atoms with Crippen molar-refractivity contribution in [2.24, 2.45) is 0 Å². The standard InChI is InChI=1S/C15H17F5N2O4/c1-5-26-14(24)8-9(21-6(2)3)7(13(23)25-4)10(12(16)17)22-11(8)15(18,19)20/h6,12H,5H2,1-4H3,(H,21,22). The van der Waals surface area contributed by atoms with Crippen LogP contribution in [0.1, 0.15) is 59.3 Å². The Kier molecular flexibility index (Phi) is 6.87. The number of pyridine rings is 1. The number of esters is 2. The van der Waals surface area contributed by atoms with Crippen molar-refractivity contribution < 1.29 is 41.0 Å². The first kappa shape index (κ1) is 21.6. The lowest BCUT2D eigenvalue weighted by molar-refractivity contribution is -0.142. The molecule has 0 aliphatic rings. The Bertz CT molecular complexity index is 690. The molecule has 0 amide bonds. The third-order valence-corrected chi connectivity index (χ3v) is 3.00. The molecule has 0 bridgehead atoms. The number of hydrogen-bond donors (Lipinski definition) is 1. The van der Waals surface area contributed by atoms with Gasteiger partial charge in [-0.05, 0) is 20.8 Å². The molecule has 0 saturated carbocycles. The van der Waals surface area contributed by atoms with Gasteiger partial charge in [0.1, 0.15) is 16.8 Å². The third-order valence-electron chi connectivity index (χ3n) is 3.00. The van der Waals surface area contributed by atoms with Crippen molar-refractivity contribution in [2.75, 3.05) is 19.0 Å². The SMILES string of the molecule is CCOC(=O)c1c(C(F)(F)F)nc(C(F)F)c(C(=O)OC)c1NC(C)C. The highest BCUT2D eigenvalue weighted by Gasteiger charge is 2.43. The number of halogens is 5. The molecule has 0 atom stereocenters. The van der Waals surface area contributed by atoms with Gasteiger partial charge < -0.3 is 14.8 Å². The molecular weight excluding hydrogens is 367 g/mol. The predicted octanol–water partition coefficient (Wildman–Crippen LogP) is 3.82. The topological polar surface area (TPSA) is 77.5 Å². The molecule has 1 aromatic heterocycles. The first-order valence-corrected chi connectivity index (χ1v) is 7.40. The number of alkyl halides is 5. The second-order valence-electron chi connectivity index (χ2n) is 5.28. The van der Waals surface area contributed by atoms with Gasteiger partial charge >= 0.3 is 18.1 Å². The van der Waals surface area contributed by atoms with Gasteiger partial charge in [0, 0.05) is 6.04 Å². The summed E-state index contributed by atoms with van der Waals surface area (Å²) in [4.78, 5) is 26.9.